The van der Waals surface area contributed by atoms with Crippen LogP contribution in [0.25, 0.3) is 21.8 Å². The zero-order valence-electron chi connectivity index (χ0n) is 12.0. The fraction of sp³-hybridized carbons (Fsp3) is 0.333. The Hall–Kier alpha value is -1.84. The Labute approximate surface area is 124 Å². The first-order chi connectivity index (χ1) is 10.3. The van der Waals surface area contributed by atoms with E-state index in [9.17, 15) is 0 Å². The van der Waals surface area contributed by atoms with Gasteiger partial charge >= 0.3 is 0 Å². The Morgan fingerprint density at radius 1 is 1.14 bits per heavy atom. The van der Waals surface area contributed by atoms with Gasteiger partial charge in [0, 0.05) is 34.5 Å². The number of ether oxygens (including phenoxy) is 1. The lowest BCUT2D eigenvalue weighted by Crippen LogP contribution is -2.18. The number of nitrogens with one attached hydrogen (secondary N) is 1. The van der Waals surface area contributed by atoms with Gasteiger partial charge in [-0.2, -0.15) is 0 Å². The van der Waals surface area contributed by atoms with Crippen LogP contribution in [0.2, 0.25) is 0 Å². The van der Waals surface area contributed by atoms with Crippen molar-refractivity contribution in [1.29, 1.82) is 0 Å². The zero-order chi connectivity index (χ0) is 14.2. The van der Waals surface area contributed by atoms with Crippen molar-refractivity contribution in [2.75, 3.05) is 6.61 Å². The molecule has 108 valence electrons. The Bertz CT molecular complexity index is 771. The van der Waals surface area contributed by atoms with E-state index in [0.29, 0.717) is 6.10 Å². The molecule has 3 aromatic rings. The van der Waals surface area contributed by atoms with Crippen molar-refractivity contribution in [3.8, 4) is 0 Å². The number of aromatic amines is 1. The van der Waals surface area contributed by atoms with E-state index in [1.54, 1.807) is 0 Å². The largest absolute Gasteiger partial charge is 0.378 e. The average molecular weight is 280 g/mol. The van der Waals surface area contributed by atoms with Gasteiger partial charge in [0.1, 0.15) is 0 Å². The predicted molar refractivity (Wildman–Crippen MR) is 86.3 cm³/mol. The molecule has 3 N–H and O–H groups in total. The lowest BCUT2D eigenvalue weighted by atomic mass is 9.98. The van der Waals surface area contributed by atoms with E-state index >= 15 is 0 Å². The fourth-order valence-corrected chi connectivity index (χ4v) is 3.35. The van der Waals surface area contributed by atoms with Crippen LogP contribution in [0.1, 0.15) is 30.9 Å². The maximum Gasteiger partial charge on any atom is 0.0594 e. The molecule has 21 heavy (non-hydrogen) atoms. The summed E-state index contributed by atoms with van der Waals surface area (Å²) in [6.45, 7) is 0.888. The highest BCUT2D eigenvalue weighted by Crippen LogP contribution is 2.29. The number of benzene rings is 2. The van der Waals surface area contributed by atoms with Gasteiger partial charge in [-0.05, 0) is 43.0 Å². The number of aromatic nitrogens is 1. The van der Waals surface area contributed by atoms with Gasteiger partial charge in [0.25, 0.3) is 0 Å². The molecule has 0 aliphatic carbocycles. The van der Waals surface area contributed by atoms with Crippen molar-refractivity contribution in [2.24, 2.45) is 5.73 Å². The smallest absolute Gasteiger partial charge is 0.0594 e. The molecule has 0 amide bonds. The average Bonchev–Trinajstić information content (AvgIpc) is 3.13. The van der Waals surface area contributed by atoms with Crippen LogP contribution >= 0.6 is 0 Å². The minimum absolute atomic E-state index is 0.0474. The molecular formula is C18H20N2O. The van der Waals surface area contributed by atoms with Crippen molar-refractivity contribution in [3.63, 3.8) is 0 Å². The van der Waals surface area contributed by atoms with Gasteiger partial charge in [-0.1, -0.05) is 24.3 Å². The standard InChI is InChI=1S/C18H20N2O/c19-16(11-13-4-3-9-21-13)12-7-8-18-15(10-12)14-5-1-2-6-17(14)20-18/h1-2,5-8,10,13,16,20H,3-4,9,11,19H2. The number of H-pyrrole nitrogens is 1. The van der Waals surface area contributed by atoms with Crippen molar-refractivity contribution in [2.45, 2.75) is 31.4 Å². The quantitative estimate of drug-likeness (QED) is 0.764. The first-order valence-corrected chi connectivity index (χ1v) is 7.69. The van der Waals surface area contributed by atoms with Gasteiger partial charge in [-0.25, -0.2) is 0 Å². The van der Waals surface area contributed by atoms with Crippen LogP contribution in [0.15, 0.2) is 42.5 Å². The molecule has 2 unspecified atom stereocenters. The summed E-state index contributed by atoms with van der Waals surface area (Å²) in [6, 6.07) is 15.0. The summed E-state index contributed by atoms with van der Waals surface area (Å²) in [5.41, 5.74) is 9.93. The molecule has 0 bridgehead atoms. The summed E-state index contributed by atoms with van der Waals surface area (Å²) in [5.74, 6) is 0. The Kier molecular flexibility index (Phi) is 3.17. The van der Waals surface area contributed by atoms with E-state index in [1.165, 1.54) is 33.8 Å². The third kappa shape index (κ3) is 2.33. The molecule has 1 aromatic heterocycles. The highest BCUT2D eigenvalue weighted by Gasteiger charge is 2.20. The maximum absolute atomic E-state index is 6.39. The van der Waals surface area contributed by atoms with E-state index in [1.807, 2.05) is 0 Å². The van der Waals surface area contributed by atoms with Gasteiger partial charge in [0.05, 0.1) is 6.10 Å². The van der Waals surface area contributed by atoms with E-state index in [-0.39, 0.29) is 6.04 Å². The number of fused-ring (bicyclic) bond motifs is 3. The zero-order valence-corrected chi connectivity index (χ0v) is 12.0. The Morgan fingerprint density at radius 3 is 2.86 bits per heavy atom. The van der Waals surface area contributed by atoms with Gasteiger partial charge in [-0.15, -0.1) is 0 Å². The third-order valence-electron chi connectivity index (χ3n) is 4.50. The van der Waals surface area contributed by atoms with Crippen LogP contribution in [-0.2, 0) is 4.74 Å². The fourth-order valence-electron chi connectivity index (χ4n) is 3.35. The van der Waals surface area contributed by atoms with Crippen molar-refractivity contribution in [1.82, 2.24) is 4.98 Å². The minimum atomic E-state index is 0.0474. The summed E-state index contributed by atoms with van der Waals surface area (Å²) in [4.78, 5) is 3.45. The number of para-hydroxylation sites is 1. The molecule has 0 spiro atoms. The topological polar surface area (TPSA) is 51.0 Å². The van der Waals surface area contributed by atoms with Gasteiger partial charge in [0.2, 0.25) is 0 Å². The summed E-state index contributed by atoms with van der Waals surface area (Å²) in [6.07, 6.45) is 3.55. The van der Waals surface area contributed by atoms with Gasteiger partial charge in [-0.3, -0.25) is 0 Å². The van der Waals surface area contributed by atoms with Crippen molar-refractivity contribution < 1.29 is 4.74 Å². The Balaban J connectivity index is 1.70. The molecule has 1 fully saturated rings. The SMILES string of the molecule is NC(CC1CCCO1)c1ccc2[nH]c3ccccc3c2c1. The number of hydrogen-bond acceptors (Lipinski definition) is 2. The van der Waals surface area contributed by atoms with E-state index in [2.05, 4.69) is 47.4 Å². The summed E-state index contributed by atoms with van der Waals surface area (Å²) in [7, 11) is 0. The van der Waals surface area contributed by atoms with Gasteiger partial charge < -0.3 is 15.5 Å². The first-order valence-electron chi connectivity index (χ1n) is 7.69. The molecule has 1 aliphatic rings. The van der Waals surface area contributed by atoms with Crippen LogP contribution in [-0.4, -0.2) is 17.7 Å². The molecule has 3 nitrogen and oxygen atoms in total. The lowest BCUT2D eigenvalue weighted by molar-refractivity contribution is 0.0983. The Morgan fingerprint density at radius 2 is 2.00 bits per heavy atom. The molecule has 1 aliphatic heterocycles. The minimum Gasteiger partial charge on any atom is -0.378 e. The van der Waals surface area contributed by atoms with E-state index in [0.717, 1.165) is 19.4 Å². The van der Waals surface area contributed by atoms with Gasteiger partial charge in [0.15, 0.2) is 0 Å². The normalized spacial score (nSPS) is 20.3. The van der Waals surface area contributed by atoms with Crippen molar-refractivity contribution in [3.05, 3.63) is 48.0 Å². The molecule has 1 saturated heterocycles. The van der Waals surface area contributed by atoms with Crippen molar-refractivity contribution >= 4 is 21.8 Å². The number of hydrogen-bond donors (Lipinski definition) is 2. The molecule has 3 heteroatoms. The van der Waals surface area contributed by atoms with E-state index in [4.69, 9.17) is 10.5 Å². The molecule has 2 aromatic carbocycles. The molecule has 2 atom stereocenters. The second-order valence-electron chi connectivity index (χ2n) is 5.95. The maximum atomic E-state index is 6.39. The first kappa shape index (κ1) is 12.9. The monoisotopic (exact) mass is 280 g/mol. The lowest BCUT2D eigenvalue weighted by Gasteiger charge is -2.16. The molecule has 2 heterocycles. The molecule has 0 saturated carbocycles. The highest BCUT2D eigenvalue weighted by atomic mass is 16.5. The second kappa shape index (κ2) is 5.17. The second-order valence-corrected chi connectivity index (χ2v) is 5.95. The number of nitrogens with two attached hydrogens (primary N) is 1. The molecule has 4 rings (SSSR count). The van der Waals surface area contributed by atoms with Crippen LogP contribution in [0.4, 0.5) is 0 Å². The predicted octanol–water partition coefficient (Wildman–Crippen LogP) is 3.89. The van der Waals surface area contributed by atoms with Crippen LogP contribution in [0.3, 0.4) is 0 Å². The van der Waals surface area contributed by atoms with Crippen LogP contribution in [0, 0.1) is 0 Å². The van der Waals surface area contributed by atoms with E-state index < -0.39 is 0 Å². The number of rotatable bonds is 3. The highest BCUT2D eigenvalue weighted by molar-refractivity contribution is 6.07. The summed E-state index contributed by atoms with van der Waals surface area (Å²) in [5, 5.41) is 2.52. The summed E-state index contributed by atoms with van der Waals surface area (Å²) < 4.78 is 5.70. The third-order valence-corrected chi connectivity index (χ3v) is 4.50. The molecular weight excluding hydrogens is 260 g/mol. The van der Waals surface area contributed by atoms with Crippen LogP contribution in [0.5, 0.6) is 0 Å². The summed E-state index contributed by atoms with van der Waals surface area (Å²) >= 11 is 0. The molecule has 0 radical (unpaired) electrons. The van der Waals surface area contributed by atoms with Crippen LogP contribution < -0.4 is 5.73 Å².